The zero-order valence-electron chi connectivity index (χ0n) is 10.7. The summed E-state index contributed by atoms with van der Waals surface area (Å²) in [6.07, 6.45) is 5.60. The maximum absolute atomic E-state index is 4.42. The van der Waals surface area contributed by atoms with Crippen LogP contribution in [-0.4, -0.2) is 17.6 Å². The van der Waals surface area contributed by atoms with Gasteiger partial charge in [0.05, 0.1) is 5.01 Å². The summed E-state index contributed by atoms with van der Waals surface area (Å²) in [6.45, 7) is 1.05. The lowest BCUT2D eigenvalue weighted by atomic mass is 9.96. The van der Waals surface area contributed by atoms with Crippen LogP contribution in [0.4, 0.5) is 0 Å². The van der Waals surface area contributed by atoms with E-state index in [1.54, 1.807) is 11.3 Å². The van der Waals surface area contributed by atoms with Gasteiger partial charge in [-0.15, -0.1) is 11.3 Å². The predicted molar refractivity (Wildman–Crippen MR) is 83.7 cm³/mol. The zero-order chi connectivity index (χ0) is 13.1. The Hall–Kier alpha value is -0.710. The van der Waals surface area contributed by atoms with E-state index in [0.29, 0.717) is 5.92 Å². The molecule has 2 nitrogen and oxygen atoms in total. The van der Waals surface area contributed by atoms with Crippen molar-refractivity contribution in [3.63, 3.8) is 0 Å². The summed E-state index contributed by atoms with van der Waals surface area (Å²) in [6, 6.07) is 9.45. The molecule has 0 radical (unpaired) electrons. The molecule has 1 N–H and O–H groups in total. The molecule has 2 aromatic rings. The number of nitrogens with one attached hydrogen (secondary N) is 1. The maximum atomic E-state index is 4.42. The van der Waals surface area contributed by atoms with E-state index in [2.05, 4.69) is 55.9 Å². The number of rotatable bonds is 6. The average molecular weight is 337 g/mol. The largest absolute Gasteiger partial charge is 0.313 e. The molecule has 1 unspecified atom stereocenters. The van der Waals surface area contributed by atoms with Crippen molar-refractivity contribution in [3.8, 4) is 0 Å². The highest BCUT2D eigenvalue weighted by Gasteiger charge is 2.23. The lowest BCUT2D eigenvalue weighted by molar-refractivity contribution is 0.576. The smallest absolute Gasteiger partial charge is 0.0931 e. The van der Waals surface area contributed by atoms with Gasteiger partial charge in [0.15, 0.2) is 0 Å². The molecule has 0 spiro atoms. The lowest BCUT2D eigenvalue weighted by Gasteiger charge is -2.17. The van der Waals surface area contributed by atoms with Gasteiger partial charge in [-0.3, -0.25) is 0 Å². The van der Waals surface area contributed by atoms with Crippen LogP contribution in [0.25, 0.3) is 0 Å². The van der Waals surface area contributed by atoms with Crippen LogP contribution in [0.3, 0.4) is 0 Å². The minimum atomic E-state index is 0.514. The van der Waals surface area contributed by atoms with Crippen molar-refractivity contribution < 1.29 is 0 Å². The quantitative estimate of drug-likeness (QED) is 0.862. The van der Waals surface area contributed by atoms with Crippen LogP contribution < -0.4 is 5.32 Å². The molecule has 0 aliphatic heterocycles. The Morgan fingerprint density at radius 3 is 2.74 bits per heavy atom. The number of hydrogen-bond donors (Lipinski definition) is 1. The maximum Gasteiger partial charge on any atom is 0.0931 e. The van der Waals surface area contributed by atoms with Gasteiger partial charge in [-0.1, -0.05) is 28.1 Å². The van der Waals surface area contributed by atoms with Crippen molar-refractivity contribution in [2.75, 3.05) is 6.54 Å². The Balaban J connectivity index is 1.71. The van der Waals surface area contributed by atoms with Gasteiger partial charge in [-0.25, -0.2) is 4.98 Å². The highest BCUT2D eigenvalue weighted by atomic mass is 79.9. The minimum absolute atomic E-state index is 0.514. The van der Waals surface area contributed by atoms with Crippen LogP contribution in [0.2, 0.25) is 0 Å². The summed E-state index contributed by atoms with van der Waals surface area (Å²) in [7, 11) is 0. The van der Waals surface area contributed by atoms with Gasteiger partial charge in [0.1, 0.15) is 0 Å². The number of benzene rings is 1. The Kier molecular flexibility index (Phi) is 4.31. The van der Waals surface area contributed by atoms with E-state index in [4.69, 9.17) is 0 Å². The van der Waals surface area contributed by atoms with Gasteiger partial charge in [-0.05, 0) is 30.5 Å². The number of nitrogens with zero attached hydrogens (tertiary/aromatic N) is 1. The SMILES string of the molecule is Brc1ccc(C(CNC2CC2)Cc2nccs2)cc1. The molecule has 1 aliphatic carbocycles. The van der Waals surface area contributed by atoms with E-state index in [1.807, 2.05) is 6.20 Å². The first kappa shape index (κ1) is 13.3. The predicted octanol–water partition coefficient (Wildman–Crippen LogP) is 3.98. The van der Waals surface area contributed by atoms with Crippen molar-refractivity contribution in [3.05, 3.63) is 50.9 Å². The van der Waals surface area contributed by atoms with Gasteiger partial charge in [0.2, 0.25) is 0 Å². The van der Waals surface area contributed by atoms with Gasteiger partial charge < -0.3 is 5.32 Å². The van der Waals surface area contributed by atoms with Crippen molar-refractivity contribution in [1.82, 2.24) is 10.3 Å². The Bertz CT molecular complexity index is 505. The molecule has 1 atom stereocenters. The Morgan fingerprint density at radius 1 is 1.32 bits per heavy atom. The third-order valence-electron chi connectivity index (χ3n) is 3.48. The molecule has 1 heterocycles. The molecule has 0 saturated heterocycles. The standard InChI is InChI=1S/C15H17BrN2S/c16-13-3-1-11(2-4-13)12(10-18-14-5-6-14)9-15-17-7-8-19-15/h1-4,7-8,12,14,18H,5-6,9-10H2. The normalized spacial score (nSPS) is 16.5. The molecule has 0 bridgehead atoms. The third kappa shape index (κ3) is 3.88. The minimum Gasteiger partial charge on any atom is -0.313 e. The molecule has 4 heteroatoms. The van der Waals surface area contributed by atoms with Crippen LogP contribution in [-0.2, 0) is 6.42 Å². The third-order valence-corrected chi connectivity index (χ3v) is 4.81. The average Bonchev–Trinajstić information content (AvgIpc) is 3.11. The first-order valence-corrected chi connectivity index (χ1v) is 8.36. The summed E-state index contributed by atoms with van der Waals surface area (Å²) in [5.41, 5.74) is 1.39. The molecule has 1 fully saturated rings. The Morgan fingerprint density at radius 2 is 2.11 bits per heavy atom. The number of aromatic nitrogens is 1. The van der Waals surface area contributed by atoms with E-state index < -0.39 is 0 Å². The Labute approximate surface area is 126 Å². The van der Waals surface area contributed by atoms with E-state index >= 15 is 0 Å². The van der Waals surface area contributed by atoms with Crippen molar-refractivity contribution in [2.45, 2.75) is 31.2 Å². The highest BCUT2D eigenvalue weighted by molar-refractivity contribution is 9.10. The molecule has 1 aromatic heterocycles. The van der Waals surface area contributed by atoms with Gasteiger partial charge in [0.25, 0.3) is 0 Å². The highest BCUT2D eigenvalue weighted by Crippen LogP contribution is 2.25. The zero-order valence-corrected chi connectivity index (χ0v) is 13.1. The molecule has 100 valence electrons. The second-order valence-electron chi connectivity index (χ2n) is 5.06. The number of thiazole rings is 1. The summed E-state index contributed by atoms with van der Waals surface area (Å²) >= 11 is 5.25. The van der Waals surface area contributed by atoms with Crippen LogP contribution >= 0.6 is 27.3 Å². The van der Waals surface area contributed by atoms with Crippen LogP contribution in [0.1, 0.15) is 29.3 Å². The van der Waals surface area contributed by atoms with Gasteiger partial charge in [-0.2, -0.15) is 0 Å². The van der Waals surface area contributed by atoms with Crippen molar-refractivity contribution in [2.24, 2.45) is 0 Å². The second kappa shape index (κ2) is 6.16. The van der Waals surface area contributed by atoms with Crippen LogP contribution in [0, 0.1) is 0 Å². The molecular formula is C15H17BrN2S. The summed E-state index contributed by atoms with van der Waals surface area (Å²) in [4.78, 5) is 4.42. The molecule has 1 aliphatic rings. The molecule has 19 heavy (non-hydrogen) atoms. The number of halogens is 1. The first-order valence-electron chi connectivity index (χ1n) is 6.68. The fraction of sp³-hybridized carbons (Fsp3) is 0.400. The van der Waals surface area contributed by atoms with Gasteiger partial charge in [0, 0.05) is 41.0 Å². The summed E-state index contributed by atoms with van der Waals surface area (Å²) < 4.78 is 1.14. The molecule has 3 rings (SSSR count). The van der Waals surface area contributed by atoms with E-state index in [-0.39, 0.29) is 0 Å². The van der Waals surface area contributed by atoms with E-state index in [9.17, 15) is 0 Å². The molecule has 0 amide bonds. The second-order valence-corrected chi connectivity index (χ2v) is 6.96. The topological polar surface area (TPSA) is 24.9 Å². The van der Waals surface area contributed by atoms with Crippen molar-refractivity contribution in [1.29, 1.82) is 0 Å². The fourth-order valence-electron chi connectivity index (χ4n) is 2.20. The molecule has 1 saturated carbocycles. The van der Waals surface area contributed by atoms with E-state index in [0.717, 1.165) is 23.5 Å². The lowest BCUT2D eigenvalue weighted by Crippen LogP contribution is -2.24. The number of hydrogen-bond acceptors (Lipinski definition) is 3. The van der Waals surface area contributed by atoms with Crippen LogP contribution in [0.5, 0.6) is 0 Å². The van der Waals surface area contributed by atoms with Gasteiger partial charge >= 0.3 is 0 Å². The fourth-order valence-corrected chi connectivity index (χ4v) is 3.17. The first-order chi connectivity index (χ1) is 9.31. The molecular weight excluding hydrogens is 320 g/mol. The van der Waals surface area contributed by atoms with Crippen molar-refractivity contribution >= 4 is 27.3 Å². The summed E-state index contributed by atoms with van der Waals surface area (Å²) in [5.74, 6) is 0.514. The van der Waals surface area contributed by atoms with Crippen LogP contribution in [0.15, 0.2) is 40.3 Å². The monoisotopic (exact) mass is 336 g/mol. The molecule has 1 aromatic carbocycles. The summed E-state index contributed by atoms with van der Waals surface area (Å²) in [5, 5.41) is 6.93. The van der Waals surface area contributed by atoms with E-state index in [1.165, 1.54) is 23.4 Å².